The van der Waals surface area contributed by atoms with E-state index in [-0.39, 0.29) is 5.91 Å². The summed E-state index contributed by atoms with van der Waals surface area (Å²) in [7, 11) is 2.20. The van der Waals surface area contributed by atoms with E-state index in [1.807, 2.05) is 18.2 Å². The molecule has 0 atom stereocenters. The van der Waals surface area contributed by atoms with Crippen LogP contribution in [0, 0.1) is 5.41 Å². The van der Waals surface area contributed by atoms with Gasteiger partial charge in [0, 0.05) is 31.7 Å². The molecule has 1 spiro atoms. The summed E-state index contributed by atoms with van der Waals surface area (Å²) in [5.41, 5.74) is 1.57. The number of amides is 1. The number of carbonyl (C=O) groups excluding carboxylic acids is 1. The maximum atomic E-state index is 12.9. The lowest BCUT2D eigenvalue weighted by atomic mass is 9.78. The largest absolute Gasteiger partial charge is 0.492 e. The maximum absolute atomic E-state index is 12.9. The van der Waals surface area contributed by atoms with Crippen LogP contribution >= 0.6 is 0 Å². The molecule has 0 N–H and O–H groups in total. The summed E-state index contributed by atoms with van der Waals surface area (Å²) in [4.78, 5) is 19.6. The van der Waals surface area contributed by atoms with Crippen molar-refractivity contribution in [1.29, 1.82) is 0 Å². The second kappa shape index (κ2) is 6.96. The molecule has 4 rings (SSSR count). The van der Waals surface area contributed by atoms with Gasteiger partial charge in [0.05, 0.1) is 6.54 Å². The van der Waals surface area contributed by atoms with Gasteiger partial charge in [-0.1, -0.05) is 18.2 Å². The van der Waals surface area contributed by atoms with E-state index in [4.69, 9.17) is 4.74 Å². The minimum atomic E-state index is 0.287. The number of hydrogen-bond donors (Lipinski definition) is 0. The zero-order valence-corrected chi connectivity index (χ0v) is 15.2. The first-order valence-corrected chi connectivity index (χ1v) is 9.53. The topological polar surface area (TPSA) is 36.0 Å². The standard InChI is InChI=1S/C20H29N3O2/c1-21-9-6-20(7-10-21)8-11-23(16-20)19(24)15-22-12-13-25-18-5-3-2-4-17(18)14-22/h2-5H,6-16H2,1H3. The van der Waals surface area contributed by atoms with Gasteiger partial charge in [-0.05, 0) is 50.9 Å². The van der Waals surface area contributed by atoms with Crippen LogP contribution < -0.4 is 4.74 Å². The third kappa shape index (κ3) is 3.67. The van der Waals surface area contributed by atoms with Crippen molar-refractivity contribution in [3.05, 3.63) is 29.8 Å². The lowest BCUT2D eigenvalue weighted by Gasteiger charge is -2.37. The molecule has 5 heteroatoms. The molecule has 25 heavy (non-hydrogen) atoms. The van der Waals surface area contributed by atoms with Crippen LogP contribution in [0.1, 0.15) is 24.8 Å². The SMILES string of the molecule is CN1CCC2(CC1)CCN(C(=O)CN1CCOc3ccccc3C1)C2. The zero-order valence-electron chi connectivity index (χ0n) is 15.2. The number of hydrogen-bond acceptors (Lipinski definition) is 4. The van der Waals surface area contributed by atoms with Gasteiger partial charge in [-0.3, -0.25) is 9.69 Å². The van der Waals surface area contributed by atoms with Crippen molar-refractivity contribution < 1.29 is 9.53 Å². The summed E-state index contributed by atoms with van der Waals surface area (Å²) >= 11 is 0. The van der Waals surface area contributed by atoms with E-state index in [0.717, 1.165) is 31.9 Å². The summed E-state index contributed by atoms with van der Waals surface area (Å²) in [5.74, 6) is 1.25. The van der Waals surface area contributed by atoms with Gasteiger partial charge in [0.15, 0.2) is 0 Å². The number of ether oxygens (including phenoxy) is 1. The number of para-hydroxylation sites is 1. The molecule has 5 nitrogen and oxygen atoms in total. The van der Waals surface area contributed by atoms with E-state index < -0.39 is 0 Å². The molecule has 1 aromatic rings. The highest BCUT2D eigenvalue weighted by Gasteiger charge is 2.41. The number of piperidine rings is 1. The number of rotatable bonds is 2. The Morgan fingerprint density at radius 2 is 1.88 bits per heavy atom. The molecule has 136 valence electrons. The molecule has 2 fully saturated rings. The van der Waals surface area contributed by atoms with Gasteiger partial charge in [-0.25, -0.2) is 0 Å². The molecule has 3 aliphatic heterocycles. The minimum absolute atomic E-state index is 0.287. The number of fused-ring (bicyclic) bond motifs is 1. The predicted octanol–water partition coefficient (Wildman–Crippen LogP) is 1.83. The van der Waals surface area contributed by atoms with Crippen LogP contribution in [0.2, 0.25) is 0 Å². The van der Waals surface area contributed by atoms with Gasteiger partial charge in [-0.2, -0.15) is 0 Å². The quantitative estimate of drug-likeness (QED) is 0.821. The number of nitrogens with zero attached hydrogens (tertiary/aromatic N) is 3. The second-order valence-electron chi connectivity index (χ2n) is 8.04. The van der Waals surface area contributed by atoms with Gasteiger partial charge in [0.2, 0.25) is 5.91 Å². The van der Waals surface area contributed by atoms with Crippen molar-refractivity contribution in [3.8, 4) is 5.75 Å². The highest BCUT2D eigenvalue weighted by Crippen LogP contribution is 2.40. The van der Waals surface area contributed by atoms with E-state index in [1.165, 1.54) is 37.9 Å². The first kappa shape index (κ1) is 16.9. The Morgan fingerprint density at radius 1 is 1.12 bits per heavy atom. The Balaban J connectivity index is 1.35. The van der Waals surface area contributed by atoms with E-state index >= 15 is 0 Å². The fraction of sp³-hybridized carbons (Fsp3) is 0.650. The fourth-order valence-corrected chi connectivity index (χ4v) is 4.46. The third-order valence-corrected chi connectivity index (χ3v) is 6.23. The molecular formula is C20H29N3O2. The van der Waals surface area contributed by atoms with Crippen LogP contribution in [-0.4, -0.2) is 73.5 Å². The third-order valence-electron chi connectivity index (χ3n) is 6.23. The van der Waals surface area contributed by atoms with Gasteiger partial charge < -0.3 is 14.5 Å². The molecule has 0 radical (unpaired) electrons. The number of benzene rings is 1. The van der Waals surface area contributed by atoms with Crippen LogP contribution in [0.3, 0.4) is 0 Å². The van der Waals surface area contributed by atoms with E-state index in [1.54, 1.807) is 0 Å². The molecule has 1 amide bonds. The molecule has 3 aliphatic rings. The van der Waals surface area contributed by atoms with Crippen molar-refractivity contribution in [2.24, 2.45) is 5.41 Å². The molecule has 0 aliphatic carbocycles. The van der Waals surface area contributed by atoms with Crippen LogP contribution in [0.4, 0.5) is 0 Å². The normalized spacial score (nSPS) is 24.0. The minimum Gasteiger partial charge on any atom is -0.492 e. The Kier molecular flexibility index (Phi) is 4.69. The molecule has 3 heterocycles. The fourth-order valence-electron chi connectivity index (χ4n) is 4.46. The Labute approximate surface area is 150 Å². The smallest absolute Gasteiger partial charge is 0.236 e. The number of likely N-dealkylation sites (tertiary alicyclic amines) is 2. The van der Waals surface area contributed by atoms with E-state index in [0.29, 0.717) is 18.6 Å². The first-order chi connectivity index (χ1) is 12.1. The van der Waals surface area contributed by atoms with Crippen molar-refractivity contribution in [1.82, 2.24) is 14.7 Å². The average Bonchev–Trinajstić information content (AvgIpc) is 2.92. The Hall–Kier alpha value is -1.59. The summed E-state index contributed by atoms with van der Waals surface area (Å²) < 4.78 is 5.81. The van der Waals surface area contributed by atoms with Gasteiger partial charge in [0.1, 0.15) is 12.4 Å². The van der Waals surface area contributed by atoms with Crippen molar-refractivity contribution in [3.63, 3.8) is 0 Å². The maximum Gasteiger partial charge on any atom is 0.236 e. The molecule has 0 aromatic heterocycles. The van der Waals surface area contributed by atoms with Gasteiger partial charge in [0.25, 0.3) is 0 Å². The summed E-state index contributed by atoms with van der Waals surface area (Å²) in [6, 6.07) is 8.16. The predicted molar refractivity (Wildman–Crippen MR) is 97.6 cm³/mol. The van der Waals surface area contributed by atoms with Crippen LogP contribution in [0.15, 0.2) is 24.3 Å². The lowest BCUT2D eigenvalue weighted by Crippen LogP contribution is -2.43. The second-order valence-corrected chi connectivity index (χ2v) is 8.04. The molecule has 0 unspecified atom stereocenters. The number of carbonyl (C=O) groups is 1. The van der Waals surface area contributed by atoms with Gasteiger partial charge >= 0.3 is 0 Å². The van der Waals surface area contributed by atoms with Crippen molar-refractivity contribution in [2.45, 2.75) is 25.8 Å². The van der Waals surface area contributed by atoms with Crippen molar-refractivity contribution >= 4 is 5.91 Å². The molecule has 1 aromatic carbocycles. The Bertz CT molecular complexity index is 625. The van der Waals surface area contributed by atoms with E-state index in [2.05, 4.69) is 27.8 Å². The zero-order chi connectivity index (χ0) is 17.3. The molecular weight excluding hydrogens is 314 g/mol. The first-order valence-electron chi connectivity index (χ1n) is 9.53. The summed E-state index contributed by atoms with van der Waals surface area (Å²) in [5, 5.41) is 0. The Morgan fingerprint density at radius 3 is 2.72 bits per heavy atom. The molecule has 0 saturated carbocycles. The summed E-state index contributed by atoms with van der Waals surface area (Å²) in [6.07, 6.45) is 3.65. The van der Waals surface area contributed by atoms with Gasteiger partial charge in [-0.15, -0.1) is 0 Å². The lowest BCUT2D eigenvalue weighted by molar-refractivity contribution is -0.132. The monoisotopic (exact) mass is 343 g/mol. The highest BCUT2D eigenvalue weighted by molar-refractivity contribution is 5.78. The highest BCUT2D eigenvalue weighted by atomic mass is 16.5. The van der Waals surface area contributed by atoms with Crippen LogP contribution in [-0.2, 0) is 11.3 Å². The summed E-state index contributed by atoms with van der Waals surface area (Å²) in [6.45, 7) is 7.00. The van der Waals surface area contributed by atoms with Crippen LogP contribution in [0.25, 0.3) is 0 Å². The molecule has 2 saturated heterocycles. The van der Waals surface area contributed by atoms with Crippen LogP contribution in [0.5, 0.6) is 5.75 Å². The van der Waals surface area contributed by atoms with E-state index in [9.17, 15) is 4.79 Å². The average molecular weight is 343 g/mol. The molecule has 0 bridgehead atoms. The van der Waals surface area contributed by atoms with Crippen molar-refractivity contribution in [2.75, 3.05) is 52.9 Å².